The SMILES string of the molecule is CCc1c(F)c(OCCOC)nc(Cl)c1C(=O)O. The molecule has 0 fully saturated rings. The lowest BCUT2D eigenvalue weighted by Gasteiger charge is -2.11. The van der Waals surface area contributed by atoms with E-state index in [9.17, 15) is 9.18 Å². The van der Waals surface area contributed by atoms with Gasteiger partial charge in [0.15, 0.2) is 5.82 Å². The lowest BCUT2D eigenvalue weighted by molar-refractivity contribution is 0.0694. The number of aromatic nitrogens is 1. The maximum atomic E-state index is 14.0. The van der Waals surface area contributed by atoms with E-state index in [-0.39, 0.29) is 41.8 Å². The largest absolute Gasteiger partial charge is 0.478 e. The highest BCUT2D eigenvalue weighted by Gasteiger charge is 2.23. The van der Waals surface area contributed by atoms with Crippen molar-refractivity contribution >= 4 is 17.6 Å². The number of hydrogen-bond acceptors (Lipinski definition) is 4. The summed E-state index contributed by atoms with van der Waals surface area (Å²) in [6, 6.07) is 0. The quantitative estimate of drug-likeness (QED) is 0.637. The molecule has 1 N–H and O–H groups in total. The van der Waals surface area contributed by atoms with Gasteiger partial charge in [-0.25, -0.2) is 9.18 Å². The van der Waals surface area contributed by atoms with Crippen LogP contribution in [0.5, 0.6) is 5.88 Å². The van der Waals surface area contributed by atoms with Gasteiger partial charge < -0.3 is 14.6 Å². The molecule has 0 spiro atoms. The van der Waals surface area contributed by atoms with Crippen molar-refractivity contribution in [3.8, 4) is 5.88 Å². The summed E-state index contributed by atoms with van der Waals surface area (Å²) >= 11 is 5.72. The molecule has 1 rings (SSSR count). The summed E-state index contributed by atoms with van der Waals surface area (Å²) in [7, 11) is 1.48. The van der Waals surface area contributed by atoms with E-state index in [1.165, 1.54) is 7.11 Å². The van der Waals surface area contributed by atoms with Crippen LogP contribution < -0.4 is 4.74 Å². The first kappa shape index (κ1) is 14.7. The topological polar surface area (TPSA) is 68.7 Å². The fraction of sp³-hybridized carbons (Fsp3) is 0.455. The van der Waals surface area contributed by atoms with Gasteiger partial charge in [-0.05, 0) is 6.42 Å². The third-order valence-electron chi connectivity index (χ3n) is 2.25. The summed E-state index contributed by atoms with van der Waals surface area (Å²) in [5.74, 6) is -2.42. The molecule has 0 atom stereocenters. The number of carboxylic acids is 1. The molecular weight excluding hydrogens is 265 g/mol. The van der Waals surface area contributed by atoms with Gasteiger partial charge in [0.2, 0.25) is 0 Å². The van der Waals surface area contributed by atoms with Crippen molar-refractivity contribution in [3.63, 3.8) is 0 Å². The van der Waals surface area contributed by atoms with Gasteiger partial charge in [-0.2, -0.15) is 4.98 Å². The second kappa shape index (κ2) is 6.51. The molecule has 0 saturated heterocycles. The molecule has 0 saturated carbocycles. The number of hydrogen-bond donors (Lipinski definition) is 1. The molecule has 0 unspecified atom stereocenters. The van der Waals surface area contributed by atoms with Crippen molar-refractivity contribution in [1.29, 1.82) is 0 Å². The van der Waals surface area contributed by atoms with Gasteiger partial charge in [0.25, 0.3) is 5.88 Å². The van der Waals surface area contributed by atoms with Crippen molar-refractivity contribution in [2.75, 3.05) is 20.3 Å². The van der Waals surface area contributed by atoms with Gasteiger partial charge in [0, 0.05) is 12.7 Å². The lowest BCUT2D eigenvalue weighted by Crippen LogP contribution is -2.12. The van der Waals surface area contributed by atoms with Crippen molar-refractivity contribution in [2.45, 2.75) is 13.3 Å². The molecule has 100 valence electrons. The number of nitrogens with zero attached hydrogens (tertiary/aromatic N) is 1. The van der Waals surface area contributed by atoms with E-state index in [2.05, 4.69) is 4.98 Å². The molecule has 1 aromatic rings. The fourth-order valence-corrected chi connectivity index (χ4v) is 1.70. The minimum Gasteiger partial charge on any atom is -0.478 e. The molecule has 0 amide bonds. The van der Waals surface area contributed by atoms with Crippen molar-refractivity contribution < 1.29 is 23.8 Å². The first-order valence-electron chi connectivity index (χ1n) is 5.25. The smallest absolute Gasteiger partial charge is 0.339 e. The monoisotopic (exact) mass is 277 g/mol. The van der Waals surface area contributed by atoms with E-state index >= 15 is 0 Å². The number of aromatic carboxylic acids is 1. The van der Waals surface area contributed by atoms with Gasteiger partial charge in [-0.1, -0.05) is 18.5 Å². The number of ether oxygens (including phenoxy) is 2. The molecule has 5 nitrogen and oxygen atoms in total. The van der Waals surface area contributed by atoms with Gasteiger partial charge in [-0.15, -0.1) is 0 Å². The third kappa shape index (κ3) is 3.08. The Labute approximate surface area is 108 Å². The van der Waals surface area contributed by atoms with Crippen molar-refractivity contribution in [3.05, 3.63) is 22.1 Å². The van der Waals surface area contributed by atoms with Crippen LogP contribution in [0.3, 0.4) is 0 Å². The molecule has 7 heteroatoms. The maximum absolute atomic E-state index is 14.0. The number of rotatable bonds is 6. The number of methoxy groups -OCH3 is 1. The molecule has 0 aromatic carbocycles. The molecule has 0 aliphatic carbocycles. The first-order chi connectivity index (χ1) is 8.52. The van der Waals surface area contributed by atoms with Crippen LogP contribution in [0, 0.1) is 5.82 Å². The van der Waals surface area contributed by atoms with Crippen LogP contribution in [0.25, 0.3) is 0 Å². The average molecular weight is 278 g/mol. The molecule has 0 aliphatic rings. The zero-order chi connectivity index (χ0) is 13.7. The normalized spacial score (nSPS) is 10.4. The Morgan fingerprint density at radius 3 is 2.67 bits per heavy atom. The van der Waals surface area contributed by atoms with Crippen LogP contribution in [0.4, 0.5) is 4.39 Å². The Morgan fingerprint density at radius 1 is 1.50 bits per heavy atom. The van der Waals surface area contributed by atoms with E-state index in [4.69, 9.17) is 26.2 Å². The number of halogens is 2. The predicted molar refractivity (Wildman–Crippen MR) is 62.9 cm³/mol. The van der Waals surface area contributed by atoms with Gasteiger partial charge in [0.05, 0.1) is 6.61 Å². The minimum absolute atomic E-state index is 0.0186. The standard InChI is InChI=1S/C11H13ClFNO4/c1-3-6-7(11(15)16)9(12)14-10(8(6)13)18-5-4-17-2/h3-5H2,1-2H3,(H,15,16). The Kier molecular flexibility index (Phi) is 5.30. The predicted octanol–water partition coefficient (Wildman–Crippen LogP) is 2.16. The second-order valence-electron chi connectivity index (χ2n) is 3.38. The molecule has 1 aromatic heterocycles. The zero-order valence-electron chi connectivity index (χ0n) is 10.00. The summed E-state index contributed by atoms with van der Waals surface area (Å²) in [6.07, 6.45) is 0.177. The van der Waals surface area contributed by atoms with Gasteiger partial charge in [-0.3, -0.25) is 0 Å². The van der Waals surface area contributed by atoms with E-state index in [1.807, 2.05) is 0 Å². The lowest BCUT2D eigenvalue weighted by atomic mass is 10.1. The fourth-order valence-electron chi connectivity index (χ4n) is 1.42. The molecule has 0 radical (unpaired) electrons. The van der Waals surface area contributed by atoms with E-state index in [1.54, 1.807) is 6.92 Å². The Hall–Kier alpha value is -1.40. The summed E-state index contributed by atoms with van der Waals surface area (Å²) in [5.41, 5.74) is -0.342. The van der Waals surface area contributed by atoms with Crippen LogP contribution >= 0.6 is 11.6 Å². The minimum atomic E-state index is -1.31. The van der Waals surface area contributed by atoms with Crippen LogP contribution in [0.2, 0.25) is 5.15 Å². The number of carboxylic acid groups (broad SMARTS) is 1. The number of pyridine rings is 1. The summed E-state index contributed by atoms with van der Waals surface area (Å²) in [5, 5.41) is 8.67. The van der Waals surface area contributed by atoms with Crippen molar-refractivity contribution in [2.24, 2.45) is 0 Å². The Morgan fingerprint density at radius 2 is 2.17 bits per heavy atom. The summed E-state index contributed by atoms with van der Waals surface area (Å²) in [6.45, 7) is 1.99. The van der Waals surface area contributed by atoms with Crippen LogP contribution in [0.1, 0.15) is 22.8 Å². The molecular formula is C11H13ClFNO4. The molecule has 18 heavy (non-hydrogen) atoms. The highest BCUT2D eigenvalue weighted by molar-refractivity contribution is 6.32. The van der Waals surface area contributed by atoms with Gasteiger partial charge in [0.1, 0.15) is 17.3 Å². The highest BCUT2D eigenvalue weighted by Crippen LogP contribution is 2.27. The number of carbonyl (C=O) groups is 1. The third-order valence-corrected chi connectivity index (χ3v) is 2.53. The Bertz CT molecular complexity index is 453. The summed E-state index contributed by atoms with van der Waals surface area (Å²) in [4.78, 5) is 14.6. The van der Waals surface area contributed by atoms with Crippen LogP contribution in [0.15, 0.2) is 0 Å². The van der Waals surface area contributed by atoms with Crippen molar-refractivity contribution in [1.82, 2.24) is 4.98 Å². The van der Waals surface area contributed by atoms with Crippen LogP contribution in [-0.4, -0.2) is 36.4 Å². The highest BCUT2D eigenvalue weighted by atomic mass is 35.5. The summed E-state index contributed by atoms with van der Waals surface area (Å²) < 4.78 is 23.7. The van der Waals surface area contributed by atoms with E-state index < -0.39 is 11.8 Å². The second-order valence-corrected chi connectivity index (χ2v) is 3.73. The zero-order valence-corrected chi connectivity index (χ0v) is 10.8. The molecule has 0 aliphatic heterocycles. The maximum Gasteiger partial charge on any atom is 0.339 e. The van der Waals surface area contributed by atoms with Crippen LogP contribution in [-0.2, 0) is 11.2 Å². The molecule has 1 heterocycles. The Balaban J connectivity index is 3.16. The molecule has 0 bridgehead atoms. The first-order valence-corrected chi connectivity index (χ1v) is 5.63. The van der Waals surface area contributed by atoms with E-state index in [0.717, 1.165) is 0 Å². The van der Waals surface area contributed by atoms with E-state index in [0.29, 0.717) is 0 Å². The van der Waals surface area contributed by atoms with Gasteiger partial charge >= 0.3 is 5.97 Å². The average Bonchev–Trinajstić information content (AvgIpc) is 2.32.